The van der Waals surface area contributed by atoms with Crippen LogP contribution in [-0.2, 0) is 9.16 Å². The molecule has 2 aliphatic heterocycles. The number of aliphatic imine (C=N–C) groups is 1. The van der Waals surface area contributed by atoms with E-state index in [0.29, 0.717) is 12.8 Å². The number of ether oxygens (including phenoxy) is 1. The highest BCUT2D eigenvalue weighted by molar-refractivity contribution is 6.74. The van der Waals surface area contributed by atoms with Gasteiger partial charge in [0.15, 0.2) is 8.32 Å². The second-order valence-electron chi connectivity index (χ2n) is 10.1. The summed E-state index contributed by atoms with van der Waals surface area (Å²) in [5, 5.41) is 11.9. The van der Waals surface area contributed by atoms with Crippen molar-refractivity contribution in [2.75, 3.05) is 0 Å². The first-order valence-corrected chi connectivity index (χ1v) is 13.3. The first-order chi connectivity index (χ1) is 13.0. The van der Waals surface area contributed by atoms with Gasteiger partial charge in [-0.3, -0.25) is 4.99 Å². The number of allylic oxidation sites excluding steroid dienone is 1. The quantitative estimate of drug-likeness (QED) is 0.551. The Balaban J connectivity index is 1.84. The van der Waals surface area contributed by atoms with E-state index >= 15 is 0 Å². The highest BCUT2D eigenvalue weighted by Gasteiger charge is 2.61. The average molecular weight is 400 g/mol. The number of nitrogens with zero attached hydrogens (tertiary/aromatic N) is 1. The smallest absolute Gasteiger partial charge is 0.193 e. The summed E-state index contributed by atoms with van der Waals surface area (Å²) in [5.41, 5.74) is 0.631. The molecular formula is C23H33NO3Si. The molecule has 1 N–H and O–H groups in total. The minimum absolute atomic E-state index is 0.0160. The highest BCUT2D eigenvalue weighted by atomic mass is 28.4. The molecule has 4 unspecified atom stereocenters. The van der Waals surface area contributed by atoms with Crippen molar-refractivity contribution < 1.29 is 14.3 Å². The molecule has 0 aromatic rings. The highest BCUT2D eigenvalue weighted by Crippen LogP contribution is 2.59. The van der Waals surface area contributed by atoms with E-state index in [1.807, 2.05) is 24.6 Å². The molecule has 152 valence electrons. The van der Waals surface area contributed by atoms with Crippen molar-refractivity contribution in [3.05, 3.63) is 48.2 Å². The summed E-state index contributed by atoms with van der Waals surface area (Å²) >= 11 is 0. The third-order valence-electron chi connectivity index (χ3n) is 7.47. The Hall–Kier alpha value is -1.27. The zero-order chi connectivity index (χ0) is 20.4. The SMILES string of the molecule is C=CCC1(O)CCC2O[C@@H]3C=C2C12C=NC=CC2=CC3O[Si](C)(C)C(C)(C)C. The molecule has 0 aromatic heterocycles. The van der Waals surface area contributed by atoms with Gasteiger partial charge in [-0.25, -0.2) is 0 Å². The predicted molar refractivity (Wildman–Crippen MR) is 116 cm³/mol. The van der Waals surface area contributed by atoms with Gasteiger partial charge in [-0.15, -0.1) is 6.58 Å². The first kappa shape index (κ1) is 20.0. The van der Waals surface area contributed by atoms with Crippen molar-refractivity contribution in [3.8, 4) is 0 Å². The van der Waals surface area contributed by atoms with E-state index in [1.165, 1.54) is 0 Å². The van der Waals surface area contributed by atoms with Crippen molar-refractivity contribution in [2.24, 2.45) is 10.4 Å². The Morgan fingerprint density at radius 2 is 2.14 bits per heavy atom. The second kappa shape index (κ2) is 6.36. The molecule has 2 heterocycles. The Labute approximate surface area is 169 Å². The maximum Gasteiger partial charge on any atom is 0.193 e. The van der Waals surface area contributed by atoms with Crippen LogP contribution in [0.15, 0.2) is 53.2 Å². The van der Waals surface area contributed by atoms with Crippen LogP contribution in [0.5, 0.6) is 0 Å². The summed E-state index contributed by atoms with van der Waals surface area (Å²) < 4.78 is 13.3. The molecule has 2 bridgehead atoms. The normalized spacial score (nSPS) is 39.1. The van der Waals surface area contributed by atoms with Crippen LogP contribution in [-0.4, -0.2) is 43.6 Å². The van der Waals surface area contributed by atoms with Crippen molar-refractivity contribution in [1.29, 1.82) is 0 Å². The van der Waals surface area contributed by atoms with E-state index in [1.54, 1.807) is 0 Å². The molecule has 4 rings (SSSR count). The molecule has 0 amide bonds. The zero-order valence-corrected chi connectivity index (χ0v) is 18.7. The van der Waals surface area contributed by atoms with E-state index in [2.05, 4.69) is 57.6 Å². The Morgan fingerprint density at radius 1 is 1.39 bits per heavy atom. The second-order valence-corrected chi connectivity index (χ2v) is 14.9. The number of rotatable bonds is 4. The fourth-order valence-electron chi connectivity index (χ4n) is 4.90. The van der Waals surface area contributed by atoms with Gasteiger partial charge in [0, 0.05) is 12.4 Å². The summed E-state index contributed by atoms with van der Waals surface area (Å²) in [6, 6.07) is 0. The van der Waals surface area contributed by atoms with E-state index in [9.17, 15) is 5.11 Å². The van der Waals surface area contributed by atoms with Crippen molar-refractivity contribution in [2.45, 2.75) is 82.1 Å². The molecule has 1 spiro atoms. The predicted octanol–water partition coefficient (Wildman–Crippen LogP) is 4.70. The van der Waals surface area contributed by atoms with Gasteiger partial charge < -0.3 is 14.3 Å². The van der Waals surface area contributed by atoms with E-state index in [4.69, 9.17) is 9.16 Å². The largest absolute Gasteiger partial charge is 0.408 e. The van der Waals surface area contributed by atoms with Crippen LogP contribution in [0.25, 0.3) is 0 Å². The summed E-state index contributed by atoms with van der Waals surface area (Å²) in [7, 11) is -1.99. The van der Waals surface area contributed by atoms with Gasteiger partial charge in [-0.05, 0) is 66.8 Å². The van der Waals surface area contributed by atoms with Crippen molar-refractivity contribution in [1.82, 2.24) is 0 Å². The van der Waals surface area contributed by atoms with Gasteiger partial charge in [-0.1, -0.05) is 26.8 Å². The zero-order valence-electron chi connectivity index (χ0n) is 17.7. The van der Waals surface area contributed by atoms with Gasteiger partial charge in [0.2, 0.25) is 0 Å². The third kappa shape index (κ3) is 2.71. The van der Waals surface area contributed by atoms with Crippen LogP contribution in [0.3, 0.4) is 0 Å². The summed E-state index contributed by atoms with van der Waals surface area (Å²) in [6.07, 6.45) is 13.8. The standard InChI is InChI=1S/C23H33NO3Si/c1-7-10-22(25)11-8-18-17-14-19(26-18)20(27-28(5,6)21(2,3)4)13-16-9-12-24-15-23(16,17)22/h7,9,12-15,18-20,25H,1,8,10-11H2,2-6H3/t18?,19-,20?,22?,23?/m1/s1. The molecular weight excluding hydrogens is 366 g/mol. The average Bonchev–Trinajstić information content (AvgIpc) is 2.97. The molecule has 0 saturated heterocycles. The summed E-state index contributed by atoms with van der Waals surface area (Å²) in [5.74, 6) is 0. The lowest BCUT2D eigenvalue weighted by Gasteiger charge is -2.53. The van der Waals surface area contributed by atoms with Crippen LogP contribution in [0.2, 0.25) is 18.1 Å². The molecule has 0 aromatic carbocycles. The fraction of sp³-hybridized carbons (Fsp3) is 0.609. The monoisotopic (exact) mass is 399 g/mol. The van der Waals surface area contributed by atoms with Gasteiger partial charge in [0.25, 0.3) is 0 Å². The van der Waals surface area contributed by atoms with Gasteiger partial charge >= 0.3 is 0 Å². The van der Waals surface area contributed by atoms with Crippen LogP contribution < -0.4 is 0 Å². The first-order valence-electron chi connectivity index (χ1n) is 10.4. The molecule has 1 fully saturated rings. The molecule has 1 saturated carbocycles. The lowest BCUT2D eigenvalue weighted by molar-refractivity contribution is -0.0797. The Morgan fingerprint density at radius 3 is 2.82 bits per heavy atom. The van der Waals surface area contributed by atoms with Crippen molar-refractivity contribution in [3.63, 3.8) is 0 Å². The van der Waals surface area contributed by atoms with E-state index < -0.39 is 19.3 Å². The van der Waals surface area contributed by atoms with Gasteiger partial charge in [0.1, 0.15) is 6.10 Å². The van der Waals surface area contributed by atoms with Gasteiger partial charge in [0.05, 0.1) is 23.2 Å². The van der Waals surface area contributed by atoms with E-state index in [-0.39, 0.29) is 23.4 Å². The van der Waals surface area contributed by atoms with Crippen LogP contribution in [0.1, 0.15) is 40.0 Å². The van der Waals surface area contributed by atoms with E-state index in [0.717, 1.165) is 17.6 Å². The molecule has 2 aliphatic carbocycles. The van der Waals surface area contributed by atoms with Gasteiger partial charge in [-0.2, -0.15) is 0 Å². The lowest BCUT2D eigenvalue weighted by atomic mass is 9.55. The minimum atomic E-state index is -1.99. The van der Waals surface area contributed by atoms with Crippen LogP contribution in [0, 0.1) is 5.41 Å². The lowest BCUT2D eigenvalue weighted by Crippen LogP contribution is -2.57. The number of hydrogen-bond donors (Lipinski definition) is 1. The maximum atomic E-state index is 11.8. The Kier molecular flexibility index (Phi) is 4.55. The molecule has 4 aliphatic rings. The molecule has 28 heavy (non-hydrogen) atoms. The maximum absolute atomic E-state index is 11.8. The van der Waals surface area contributed by atoms with Crippen LogP contribution in [0.4, 0.5) is 0 Å². The molecule has 4 nitrogen and oxygen atoms in total. The number of fused-ring (bicyclic) bond motifs is 1. The molecule has 5 atom stereocenters. The summed E-state index contributed by atoms with van der Waals surface area (Å²) in [4.78, 5) is 4.48. The summed E-state index contributed by atoms with van der Waals surface area (Å²) in [6.45, 7) is 15.2. The number of aliphatic hydroxyl groups is 1. The fourth-order valence-corrected chi connectivity index (χ4v) is 6.13. The van der Waals surface area contributed by atoms with Crippen molar-refractivity contribution >= 4 is 14.5 Å². The topological polar surface area (TPSA) is 51.0 Å². The number of hydrogen-bond acceptors (Lipinski definition) is 4. The minimum Gasteiger partial charge on any atom is -0.408 e. The Bertz CT molecular complexity index is 803. The molecule has 5 heteroatoms. The van der Waals surface area contributed by atoms with Crippen LogP contribution >= 0.6 is 0 Å². The molecule has 0 radical (unpaired) electrons. The third-order valence-corrected chi connectivity index (χ3v) is 11.9.